The second-order valence-corrected chi connectivity index (χ2v) is 8.36. The molecule has 1 amide bonds. The molecule has 28 heavy (non-hydrogen) atoms. The van der Waals surface area contributed by atoms with Crippen molar-refractivity contribution in [2.24, 2.45) is 0 Å². The molecule has 0 spiro atoms. The van der Waals surface area contributed by atoms with Crippen LogP contribution in [0.1, 0.15) is 44.7 Å². The molecule has 8 heteroatoms. The van der Waals surface area contributed by atoms with Gasteiger partial charge in [0.1, 0.15) is 5.16 Å². The van der Waals surface area contributed by atoms with Crippen LogP contribution < -0.4 is 0 Å². The highest BCUT2D eigenvalue weighted by molar-refractivity contribution is 7.54. The van der Waals surface area contributed by atoms with Crippen molar-refractivity contribution >= 4 is 13.7 Å². The van der Waals surface area contributed by atoms with Crippen molar-refractivity contribution in [2.75, 3.05) is 6.61 Å². The van der Waals surface area contributed by atoms with Crippen LogP contribution >= 0.6 is 7.60 Å². The van der Waals surface area contributed by atoms with Gasteiger partial charge in [0.15, 0.2) is 0 Å². The van der Waals surface area contributed by atoms with E-state index in [1.807, 2.05) is 19.9 Å². The first-order chi connectivity index (χ1) is 13.2. The second kappa shape index (κ2) is 8.74. The fourth-order valence-electron chi connectivity index (χ4n) is 3.59. The van der Waals surface area contributed by atoms with Crippen molar-refractivity contribution in [1.82, 2.24) is 4.90 Å². The van der Waals surface area contributed by atoms with E-state index in [0.717, 1.165) is 0 Å². The zero-order valence-corrected chi connectivity index (χ0v) is 17.1. The summed E-state index contributed by atoms with van der Waals surface area (Å²) in [5.41, 5.74) is 2.23. The van der Waals surface area contributed by atoms with E-state index in [1.165, 1.54) is 17.2 Å². The first-order valence-electron chi connectivity index (χ1n) is 9.16. The SMILES string of the molecule is CCOC(=O)N1C=CC(Cc2ccc(C#N)cc2)(P(=O)(O)O)C(CC)=C1CC. The molecule has 0 saturated carbocycles. The highest BCUT2D eigenvalue weighted by Crippen LogP contribution is 2.60. The van der Waals surface area contributed by atoms with Crippen LogP contribution in [0.3, 0.4) is 0 Å². The van der Waals surface area contributed by atoms with Crippen LogP contribution in [-0.4, -0.2) is 32.5 Å². The summed E-state index contributed by atoms with van der Waals surface area (Å²) in [6, 6.07) is 8.66. The van der Waals surface area contributed by atoms with Gasteiger partial charge in [-0.05, 0) is 55.5 Å². The molecule has 0 aliphatic carbocycles. The van der Waals surface area contributed by atoms with Gasteiger partial charge < -0.3 is 14.5 Å². The molecule has 0 fully saturated rings. The molecule has 2 N–H and O–H groups in total. The average Bonchev–Trinajstić information content (AvgIpc) is 2.67. The average molecular weight is 404 g/mol. The van der Waals surface area contributed by atoms with Crippen LogP contribution in [0, 0.1) is 11.3 Å². The summed E-state index contributed by atoms with van der Waals surface area (Å²) < 4.78 is 17.8. The summed E-state index contributed by atoms with van der Waals surface area (Å²) in [6.45, 7) is 5.56. The molecular formula is C20H25N2O5P. The summed E-state index contributed by atoms with van der Waals surface area (Å²) in [5.74, 6) is 0. The standard InChI is InChI=1S/C20H25N2O5P/c1-4-17-18(5-2)22(19(23)27-6-3)12-11-20(17,28(24,25)26)13-15-7-9-16(14-21)10-8-15/h7-12H,4-6,13H2,1-3H3,(H2,24,25,26). The van der Waals surface area contributed by atoms with E-state index in [0.29, 0.717) is 35.2 Å². The highest BCUT2D eigenvalue weighted by atomic mass is 31.2. The molecule has 1 aliphatic heterocycles. The molecule has 0 radical (unpaired) electrons. The normalized spacial score (nSPS) is 19.5. The van der Waals surface area contributed by atoms with Gasteiger partial charge in [-0.3, -0.25) is 9.46 Å². The number of hydrogen-bond donors (Lipinski definition) is 2. The molecule has 1 unspecified atom stereocenters. The molecule has 1 aliphatic rings. The van der Waals surface area contributed by atoms with Gasteiger partial charge in [0, 0.05) is 11.9 Å². The molecule has 2 rings (SSSR count). The Hall–Kier alpha value is -2.39. The Kier molecular flexibility index (Phi) is 6.84. The highest BCUT2D eigenvalue weighted by Gasteiger charge is 2.50. The van der Waals surface area contributed by atoms with Gasteiger partial charge in [-0.25, -0.2) is 4.79 Å². The van der Waals surface area contributed by atoms with Gasteiger partial charge in [0.05, 0.1) is 18.2 Å². The van der Waals surface area contributed by atoms with E-state index in [4.69, 9.17) is 10.00 Å². The maximum absolute atomic E-state index is 12.7. The minimum Gasteiger partial charge on any atom is -0.449 e. The fraction of sp³-hybridized carbons (Fsp3) is 0.400. The lowest BCUT2D eigenvalue weighted by molar-refractivity contribution is 0.128. The molecule has 150 valence electrons. The molecule has 1 aromatic rings. The first kappa shape index (κ1) is 21.9. The van der Waals surface area contributed by atoms with E-state index in [9.17, 15) is 19.1 Å². The van der Waals surface area contributed by atoms with Crippen molar-refractivity contribution in [3.63, 3.8) is 0 Å². The summed E-state index contributed by atoms with van der Waals surface area (Å²) >= 11 is 0. The Balaban J connectivity index is 2.60. The van der Waals surface area contributed by atoms with Crippen molar-refractivity contribution in [3.8, 4) is 6.07 Å². The monoisotopic (exact) mass is 404 g/mol. The summed E-state index contributed by atoms with van der Waals surface area (Å²) in [4.78, 5) is 34.3. The van der Waals surface area contributed by atoms with Gasteiger partial charge in [-0.1, -0.05) is 26.0 Å². The van der Waals surface area contributed by atoms with Crippen LogP contribution in [-0.2, 0) is 15.7 Å². The van der Waals surface area contributed by atoms with Crippen molar-refractivity contribution in [1.29, 1.82) is 5.26 Å². The Bertz CT molecular complexity index is 879. The third kappa shape index (κ3) is 4.05. The Morgan fingerprint density at radius 1 is 1.21 bits per heavy atom. The van der Waals surface area contributed by atoms with Crippen LogP contribution in [0.15, 0.2) is 47.8 Å². The quantitative estimate of drug-likeness (QED) is 0.691. The number of nitrogens with zero attached hydrogens (tertiary/aromatic N) is 2. The molecular weight excluding hydrogens is 379 g/mol. The second-order valence-electron chi connectivity index (χ2n) is 6.47. The lowest BCUT2D eigenvalue weighted by Crippen LogP contribution is -2.40. The number of benzene rings is 1. The van der Waals surface area contributed by atoms with E-state index in [-0.39, 0.29) is 13.0 Å². The van der Waals surface area contributed by atoms with Crippen LogP contribution in [0.4, 0.5) is 4.79 Å². The maximum Gasteiger partial charge on any atom is 0.418 e. The number of carbonyl (C=O) groups is 1. The van der Waals surface area contributed by atoms with Crippen LogP contribution in [0.25, 0.3) is 0 Å². The fourth-order valence-corrected chi connectivity index (χ4v) is 4.88. The number of carbonyl (C=O) groups excluding carboxylic acids is 1. The van der Waals surface area contributed by atoms with Crippen molar-refractivity contribution in [2.45, 2.75) is 45.2 Å². The topological polar surface area (TPSA) is 111 Å². The molecule has 0 aromatic heterocycles. The zero-order valence-electron chi connectivity index (χ0n) is 16.3. The summed E-state index contributed by atoms with van der Waals surface area (Å²) in [7, 11) is -4.64. The Morgan fingerprint density at radius 2 is 1.86 bits per heavy atom. The number of allylic oxidation sites excluding steroid dienone is 3. The van der Waals surface area contributed by atoms with Gasteiger partial charge in [0.25, 0.3) is 0 Å². The lowest BCUT2D eigenvalue weighted by Gasteiger charge is -2.40. The largest absolute Gasteiger partial charge is 0.449 e. The predicted molar refractivity (Wildman–Crippen MR) is 105 cm³/mol. The van der Waals surface area contributed by atoms with Gasteiger partial charge in [-0.15, -0.1) is 0 Å². The maximum atomic E-state index is 12.7. The molecule has 1 heterocycles. The number of rotatable bonds is 6. The molecule has 0 saturated heterocycles. The Labute approximate surface area is 165 Å². The third-order valence-corrected chi connectivity index (χ3v) is 6.51. The zero-order chi connectivity index (χ0) is 20.9. The number of amides is 1. The minimum absolute atomic E-state index is 0.0584. The summed E-state index contributed by atoms with van der Waals surface area (Å²) in [6.07, 6.45) is 3.09. The summed E-state index contributed by atoms with van der Waals surface area (Å²) in [5, 5.41) is 7.41. The molecule has 1 atom stereocenters. The van der Waals surface area contributed by atoms with Gasteiger partial charge in [0.2, 0.25) is 0 Å². The lowest BCUT2D eigenvalue weighted by atomic mass is 9.85. The number of hydrogen-bond acceptors (Lipinski definition) is 4. The van der Waals surface area contributed by atoms with Crippen LogP contribution in [0.5, 0.6) is 0 Å². The molecule has 1 aromatic carbocycles. The van der Waals surface area contributed by atoms with E-state index in [2.05, 4.69) is 0 Å². The van der Waals surface area contributed by atoms with Gasteiger partial charge in [-0.2, -0.15) is 5.26 Å². The van der Waals surface area contributed by atoms with Gasteiger partial charge >= 0.3 is 13.7 Å². The molecule has 7 nitrogen and oxygen atoms in total. The van der Waals surface area contributed by atoms with Crippen molar-refractivity contribution in [3.05, 3.63) is 58.9 Å². The van der Waals surface area contributed by atoms with Crippen LogP contribution in [0.2, 0.25) is 0 Å². The number of ether oxygens (including phenoxy) is 1. The first-order valence-corrected chi connectivity index (χ1v) is 10.8. The van der Waals surface area contributed by atoms with E-state index >= 15 is 0 Å². The Morgan fingerprint density at radius 3 is 2.32 bits per heavy atom. The van der Waals surface area contributed by atoms with E-state index in [1.54, 1.807) is 31.2 Å². The minimum atomic E-state index is -4.64. The third-order valence-electron chi connectivity index (χ3n) is 4.89. The van der Waals surface area contributed by atoms with E-state index < -0.39 is 18.8 Å². The molecule has 0 bridgehead atoms. The van der Waals surface area contributed by atoms with Crippen molar-refractivity contribution < 1.29 is 23.9 Å². The number of nitriles is 1. The predicted octanol–water partition coefficient (Wildman–Crippen LogP) is 4.08. The smallest absolute Gasteiger partial charge is 0.418 e.